The minimum atomic E-state index is -3.70. The highest BCUT2D eigenvalue weighted by Gasteiger charge is 2.30. The third-order valence-electron chi connectivity index (χ3n) is 7.06. The van der Waals surface area contributed by atoms with Crippen molar-refractivity contribution in [3.63, 3.8) is 0 Å². The molecule has 2 saturated heterocycles. The highest BCUT2D eigenvalue weighted by Crippen LogP contribution is 2.29. The van der Waals surface area contributed by atoms with E-state index in [0.717, 1.165) is 24.9 Å². The second-order valence-corrected chi connectivity index (χ2v) is 14.1. The Morgan fingerprint density at radius 2 is 1.82 bits per heavy atom. The standard InChI is InChI=1S/C28H29N5O5S2/c29-18-22(28(34)30-24-12-15-39(35,36)20-24)16-23-19-33(25-9-3-1-4-10-25)31-27(23)21-8-7-11-26(17-21)40(37,38)32-13-5-2-6-14-32/h1,3-4,7-11,16-17,19,24H,2,5-6,12-15,20H2,(H,30,34)/b22-16-. The summed E-state index contributed by atoms with van der Waals surface area (Å²) in [5, 5.41) is 17.2. The number of sulfonamides is 1. The first-order chi connectivity index (χ1) is 19.2. The van der Waals surface area contributed by atoms with Crippen LogP contribution < -0.4 is 5.32 Å². The number of rotatable bonds is 7. The van der Waals surface area contributed by atoms with Crippen LogP contribution in [-0.4, -0.2) is 67.5 Å². The normalized spacial score (nSPS) is 19.7. The van der Waals surface area contributed by atoms with Crippen molar-refractivity contribution in [3.8, 4) is 23.0 Å². The van der Waals surface area contributed by atoms with Crippen LogP contribution in [0.1, 0.15) is 31.2 Å². The fourth-order valence-electron chi connectivity index (χ4n) is 4.96. The number of nitrogens with zero attached hydrogens (tertiary/aromatic N) is 4. The first-order valence-electron chi connectivity index (χ1n) is 13.0. The predicted octanol–water partition coefficient (Wildman–Crippen LogP) is 2.92. The van der Waals surface area contributed by atoms with Crippen LogP contribution in [0.5, 0.6) is 0 Å². The Labute approximate surface area is 233 Å². The zero-order valence-corrected chi connectivity index (χ0v) is 23.4. The zero-order chi connectivity index (χ0) is 28.3. The van der Waals surface area contributed by atoms with Gasteiger partial charge in [0, 0.05) is 36.5 Å². The number of benzene rings is 2. The average Bonchev–Trinajstić information content (AvgIpc) is 3.54. The molecule has 0 saturated carbocycles. The maximum atomic E-state index is 13.4. The van der Waals surface area contributed by atoms with Crippen molar-refractivity contribution in [2.24, 2.45) is 0 Å². The molecule has 1 aromatic heterocycles. The van der Waals surface area contributed by atoms with Crippen molar-refractivity contribution in [1.82, 2.24) is 19.4 Å². The molecule has 0 aliphatic carbocycles. The lowest BCUT2D eigenvalue weighted by Gasteiger charge is -2.26. The van der Waals surface area contributed by atoms with Crippen molar-refractivity contribution in [1.29, 1.82) is 5.26 Å². The fourth-order valence-corrected chi connectivity index (χ4v) is 8.20. The van der Waals surface area contributed by atoms with E-state index < -0.39 is 31.8 Å². The Kier molecular flexibility index (Phi) is 7.89. The summed E-state index contributed by atoms with van der Waals surface area (Å²) in [4.78, 5) is 13.1. The Bertz CT molecular complexity index is 1700. The van der Waals surface area contributed by atoms with Crippen molar-refractivity contribution >= 4 is 31.8 Å². The molecule has 1 amide bonds. The Hall–Kier alpha value is -3.79. The molecule has 5 rings (SSSR count). The fraction of sp³-hybridized carbons (Fsp3) is 0.321. The van der Waals surface area contributed by atoms with Crippen LogP contribution in [0.15, 0.2) is 71.3 Å². The third kappa shape index (κ3) is 6.01. The van der Waals surface area contributed by atoms with Gasteiger partial charge in [-0.15, -0.1) is 0 Å². The number of nitriles is 1. The molecule has 1 atom stereocenters. The van der Waals surface area contributed by atoms with Gasteiger partial charge in [-0.25, -0.2) is 21.5 Å². The Balaban J connectivity index is 1.53. The Morgan fingerprint density at radius 1 is 1.07 bits per heavy atom. The van der Waals surface area contributed by atoms with Gasteiger partial charge in [0.2, 0.25) is 10.0 Å². The summed E-state index contributed by atoms with van der Waals surface area (Å²) >= 11 is 0. The lowest BCUT2D eigenvalue weighted by atomic mass is 10.1. The second kappa shape index (κ2) is 11.4. The number of hydrogen-bond donors (Lipinski definition) is 1. The molecular formula is C28H29N5O5S2. The van der Waals surface area contributed by atoms with Gasteiger partial charge in [-0.3, -0.25) is 4.79 Å². The van der Waals surface area contributed by atoms with E-state index in [2.05, 4.69) is 5.32 Å². The van der Waals surface area contributed by atoms with E-state index in [1.165, 1.54) is 10.4 Å². The van der Waals surface area contributed by atoms with Crippen molar-refractivity contribution in [2.45, 2.75) is 36.6 Å². The number of nitrogens with one attached hydrogen (secondary N) is 1. The van der Waals surface area contributed by atoms with E-state index >= 15 is 0 Å². The van der Waals surface area contributed by atoms with Crippen LogP contribution in [-0.2, 0) is 24.7 Å². The first kappa shape index (κ1) is 27.8. The molecule has 2 fully saturated rings. The van der Waals surface area contributed by atoms with Gasteiger partial charge in [-0.05, 0) is 49.6 Å². The third-order valence-corrected chi connectivity index (χ3v) is 10.7. The molecule has 1 N–H and O–H groups in total. The van der Waals surface area contributed by atoms with E-state index in [1.807, 2.05) is 36.4 Å². The zero-order valence-electron chi connectivity index (χ0n) is 21.7. The summed E-state index contributed by atoms with van der Waals surface area (Å²) < 4.78 is 53.4. The largest absolute Gasteiger partial charge is 0.348 e. The number of hydrogen-bond acceptors (Lipinski definition) is 7. The Morgan fingerprint density at radius 3 is 2.50 bits per heavy atom. The summed E-state index contributed by atoms with van der Waals surface area (Å²) in [5.41, 5.74) is 1.86. The number of carbonyl (C=O) groups is 1. The van der Waals surface area contributed by atoms with Gasteiger partial charge in [0.05, 0.1) is 22.1 Å². The molecule has 0 spiro atoms. The van der Waals surface area contributed by atoms with Gasteiger partial charge < -0.3 is 5.32 Å². The lowest BCUT2D eigenvalue weighted by molar-refractivity contribution is -0.117. The molecule has 2 aliphatic rings. The molecule has 3 heterocycles. The van der Waals surface area contributed by atoms with Crippen LogP contribution in [0.25, 0.3) is 23.0 Å². The number of para-hydroxylation sites is 1. The van der Waals surface area contributed by atoms with Gasteiger partial charge in [-0.1, -0.05) is 36.8 Å². The number of carbonyl (C=O) groups excluding carboxylic acids is 1. The van der Waals surface area contributed by atoms with E-state index in [4.69, 9.17) is 5.10 Å². The second-order valence-electron chi connectivity index (χ2n) is 9.95. The molecule has 10 nitrogen and oxygen atoms in total. The minimum Gasteiger partial charge on any atom is -0.348 e. The SMILES string of the molecule is N#C/C(=C/c1cn(-c2ccccc2)nc1-c1cccc(S(=O)(=O)N2CCCCC2)c1)C(=O)NC1CCS(=O)(=O)C1. The van der Waals surface area contributed by atoms with E-state index in [-0.39, 0.29) is 22.0 Å². The molecule has 1 unspecified atom stereocenters. The predicted molar refractivity (Wildman–Crippen MR) is 150 cm³/mol. The molecule has 2 aliphatic heterocycles. The van der Waals surface area contributed by atoms with Crippen molar-refractivity contribution < 1.29 is 21.6 Å². The van der Waals surface area contributed by atoms with Crippen LogP contribution in [0, 0.1) is 11.3 Å². The summed E-state index contributed by atoms with van der Waals surface area (Å²) in [6.07, 6.45) is 6.00. The molecule has 40 heavy (non-hydrogen) atoms. The molecule has 0 radical (unpaired) electrons. The van der Waals surface area contributed by atoms with E-state index in [9.17, 15) is 26.9 Å². The van der Waals surface area contributed by atoms with Gasteiger partial charge in [0.1, 0.15) is 17.3 Å². The quantitative estimate of drug-likeness (QED) is 0.335. The highest BCUT2D eigenvalue weighted by atomic mass is 32.2. The van der Waals surface area contributed by atoms with E-state index in [0.29, 0.717) is 36.3 Å². The van der Waals surface area contributed by atoms with Crippen molar-refractivity contribution in [2.75, 3.05) is 24.6 Å². The lowest BCUT2D eigenvalue weighted by Crippen LogP contribution is -2.36. The molecule has 12 heteroatoms. The molecule has 3 aromatic rings. The summed E-state index contributed by atoms with van der Waals surface area (Å²) in [6, 6.07) is 17.1. The van der Waals surface area contributed by atoms with Crippen LogP contribution in [0.2, 0.25) is 0 Å². The monoisotopic (exact) mass is 579 g/mol. The number of piperidine rings is 1. The summed E-state index contributed by atoms with van der Waals surface area (Å²) in [7, 11) is -6.91. The van der Waals surface area contributed by atoms with Gasteiger partial charge >= 0.3 is 0 Å². The average molecular weight is 580 g/mol. The molecule has 0 bridgehead atoms. The maximum absolute atomic E-state index is 13.4. The smallest absolute Gasteiger partial charge is 0.262 e. The van der Waals surface area contributed by atoms with Crippen molar-refractivity contribution in [3.05, 3.63) is 71.9 Å². The van der Waals surface area contributed by atoms with Crippen LogP contribution in [0.3, 0.4) is 0 Å². The van der Waals surface area contributed by atoms with Gasteiger partial charge in [-0.2, -0.15) is 14.7 Å². The molecule has 2 aromatic carbocycles. The minimum absolute atomic E-state index is 0.00573. The summed E-state index contributed by atoms with van der Waals surface area (Å²) in [6.45, 7) is 0.957. The highest BCUT2D eigenvalue weighted by molar-refractivity contribution is 7.91. The molecule has 208 valence electrons. The van der Waals surface area contributed by atoms with Crippen LogP contribution in [0.4, 0.5) is 0 Å². The first-order valence-corrected chi connectivity index (χ1v) is 16.3. The summed E-state index contributed by atoms with van der Waals surface area (Å²) in [5.74, 6) is -0.842. The van der Waals surface area contributed by atoms with E-state index in [1.54, 1.807) is 35.1 Å². The van der Waals surface area contributed by atoms with Crippen LogP contribution >= 0.6 is 0 Å². The van der Waals surface area contributed by atoms with Gasteiger partial charge in [0.25, 0.3) is 5.91 Å². The number of amides is 1. The maximum Gasteiger partial charge on any atom is 0.262 e. The number of aromatic nitrogens is 2. The topological polar surface area (TPSA) is 142 Å². The molecular weight excluding hydrogens is 550 g/mol. The number of sulfone groups is 1. The van der Waals surface area contributed by atoms with Gasteiger partial charge in [0.15, 0.2) is 9.84 Å².